The molecule has 2 N–H and O–H groups in total. The van der Waals surface area contributed by atoms with E-state index in [1.165, 1.54) is 0 Å². The van der Waals surface area contributed by atoms with Gasteiger partial charge in [-0.1, -0.05) is 26.2 Å². The van der Waals surface area contributed by atoms with Crippen LogP contribution < -0.4 is 5.73 Å². The van der Waals surface area contributed by atoms with Crippen molar-refractivity contribution in [3.63, 3.8) is 0 Å². The first-order valence-electron chi connectivity index (χ1n) is 7.02. The second-order valence-electron chi connectivity index (χ2n) is 5.70. The van der Waals surface area contributed by atoms with Crippen molar-refractivity contribution in [2.24, 2.45) is 5.73 Å². The molecule has 0 amide bonds. The highest BCUT2D eigenvalue weighted by atomic mass is 32.2. The Morgan fingerprint density at radius 1 is 1.06 bits per heavy atom. The first kappa shape index (κ1) is 14.2. The van der Waals surface area contributed by atoms with Crippen LogP contribution in [0.4, 0.5) is 0 Å². The Morgan fingerprint density at radius 3 is 2.11 bits per heavy atom. The summed E-state index contributed by atoms with van der Waals surface area (Å²) < 4.78 is 28.0. The minimum atomic E-state index is -3.25. The van der Waals surface area contributed by atoms with Gasteiger partial charge >= 0.3 is 0 Å². The maximum atomic E-state index is 12.4. The Balaban J connectivity index is 1.96. The van der Waals surface area contributed by atoms with E-state index < -0.39 is 10.2 Å². The largest absolute Gasteiger partial charge is 0.323 e. The van der Waals surface area contributed by atoms with Gasteiger partial charge in [0.25, 0.3) is 10.2 Å². The molecule has 2 rings (SSSR count). The van der Waals surface area contributed by atoms with Crippen molar-refractivity contribution in [2.75, 3.05) is 26.2 Å². The number of nitrogens with zero attached hydrogens (tertiary/aromatic N) is 2. The summed E-state index contributed by atoms with van der Waals surface area (Å²) in [5.74, 6) is 0. The summed E-state index contributed by atoms with van der Waals surface area (Å²) in [5.41, 5.74) is 5.85. The molecule has 5 nitrogen and oxygen atoms in total. The molecule has 0 aliphatic carbocycles. The predicted molar refractivity (Wildman–Crippen MR) is 72.4 cm³/mol. The Bertz CT molecular complexity index is 369. The van der Waals surface area contributed by atoms with E-state index in [0.29, 0.717) is 26.2 Å². The van der Waals surface area contributed by atoms with E-state index in [4.69, 9.17) is 5.73 Å². The van der Waals surface area contributed by atoms with Crippen LogP contribution in [-0.2, 0) is 10.2 Å². The molecule has 18 heavy (non-hydrogen) atoms. The van der Waals surface area contributed by atoms with E-state index in [1.54, 1.807) is 8.61 Å². The third-order valence-corrected chi connectivity index (χ3v) is 5.88. The highest BCUT2D eigenvalue weighted by molar-refractivity contribution is 7.86. The number of nitrogens with two attached hydrogens (primary N) is 1. The molecule has 0 aromatic heterocycles. The molecule has 0 bridgehead atoms. The third-order valence-electron chi connectivity index (χ3n) is 3.95. The van der Waals surface area contributed by atoms with Gasteiger partial charge in [-0.05, 0) is 19.3 Å². The van der Waals surface area contributed by atoms with Crippen LogP contribution >= 0.6 is 0 Å². The van der Waals surface area contributed by atoms with Crippen LogP contribution in [0.15, 0.2) is 0 Å². The molecule has 2 fully saturated rings. The van der Waals surface area contributed by atoms with Gasteiger partial charge in [-0.3, -0.25) is 0 Å². The summed E-state index contributed by atoms with van der Waals surface area (Å²) >= 11 is 0. The fraction of sp³-hybridized carbons (Fsp3) is 1.00. The number of rotatable bonds is 4. The van der Waals surface area contributed by atoms with Gasteiger partial charge in [-0.25, -0.2) is 0 Å². The zero-order chi connectivity index (χ0) is 13.2. The fourth-order valence-corrected chi connectivity index (χ4v) is 4.80. The zero-order valence-corrected chi connectivity index (χ0v) is 12.1. The standard InChI is InChI=1S/C12H25N3O2S/c1-2-7-12(13)10-15(11-12)18(16,17)14-8-5-3-4-6-9-14/h2-11,13H2,1H3. The smallest absolute Gasteiger partial charge is 0.282 e. The number of hydrogen-bond acceptors (Lipinski definition) is 3. The van der Waals surface area contributed by atoms with Gasteiger partial charge in [-0.2, -0.15) is 17.0 Å². The lowest BCUT2D eigenvalue weighted by Crippen LogP contribution is -2.70. The minimum absolute atomic E-state index is 0.284. The lowest BCUT2D eigenvalue weighted by atomic mass is 9.89. The van der Waals surface area contributed by atoms with Crippen LogP contribution in [0.1, 0.15) is 45.4 Å². The van der Waals surface area contributed by atoms with Gasteiger partial charge in [0.2, 0.25) is 0 Å². The van der Waals surface area contributed by atoms with Crippen LogP contribution in [0.2, 0.25) is 0 Å². The molecule has 2 aliphatic heterocycles. The van der Waals surface area contributed by atoms with Crippen LogP contribution in [0.3, 0.4) is 0 Å². The molecular formula is C12H25N3O2S. The second-order valence-corrected chi connectivity index (χ2v) is 7.63. The van der Waals surface area contributed by atoms with Gasteiger partial charge in [0, 0.05) is 31.7 Å². The molecule has 0 aromatic rings. The quantitative estimate of drug-likeness (QED) is 0.829. The summed E-state index contributed by atoms with van der Waals surface area (Å²) in [5, 5.41) is 0. The second kappa shape index (κ2) is 5.45. The third kappa shape index (κ3) is 2.87. The molecule has 0 aromatic carbocycles. The molecule has 2 saturated heterocycles. The highest BCUT2D eigenvalue weighted by Gasteiger charge is 2.46. The molecule has 106 valence electrons. The molecule has 2 heterocycles. The minimum Gasteiger partial charge on any atom is -0.323 e. The van der Waals surface area contributed by atoms with Crippen molar-refractivity contribution >= 4 is 10.2 Å². The van der Waals surface area contributed by atoms with E-state index in [1.807, 2.05) is 0 Å². The normalized spacial score (nSPS) is 26.6. The zero-order valence-electron chi connectivity index (χ0n) is 11.3. The van der Waals surface area contributed by atoms with Crippen molar-refractivity contribution < 1.29 is 8.42 Å². The molecule has 0 unspecified atom stereocenters. The van der Waals surface area contributed by atoms with Gasteiger partial charge in [0.15, 0.2) is 0 Å². The van der Waals surface area contributed by atoms with E-state index >= 15 is 0 Å². The van der Waals surface area contributed by atoms with Gasteiger partial charge in [-0.15, -0.1) is 0 Å². The summed E-state index contributed by atoms with van der Waals surface area (Å²) in [6.45, 7) is 4.40. The van der Waals surface area contributed by atoms with Crippen molar-refractivity contribution in [3.05, 3.63) is 0 Å². The van der Waals surface area contributed by atoms with E-state index in [0.717, 1.165) is 38.5 Å². The van der Waals surface area contributed by atoms with Crippen LogP contribution in [0, 0.1) is 0 Å². The Hall–Kier alpha value is -0.170. The van der Waals surface area contributed by atoms with Crippen LogP contribution in [0.25, 0.3) is 0 Å². The van der Waals surface area contributed by atoms with Crippen LogP contribution in [0.5, 0.6) is 0 Å². The molecule has 0 saturated carbocycles. The number of hydrogen-bond donors (Lipinski definition) is 1. The molecule has 6 heteroatoms. The van der Waals surface area contributed by atoms with Crippen molar-refractivity contribution in [1.29, 1.82) is 0 Å². The lowest BCUT2D eigenvalue weighted by molar-refractivity contribution is 0.137. The van der Waals surface area contributed by atoms with Crippen molar-refractivity contribution in [1.82, 2.24) is 8.61 Å². The van der Waals surface area contributed by atoms with E-state index in [-0.39, 0.29) is 5.54 Å². The van der Waals surface area contributed by atoms with Gasteiger partial charge < -0.3 is 5.73 Å². The maximum absolute atomic E-state index is 12.4. The molecule has 0 atom stereocenters. The molecule has 2 aliphatic rings. The van der Waals surface area contributed by atoms with E-state index in [9.17, 15) is 8.42 Å². The Kier molecular flexibility index (Phi) is 4.31. The average molecular weight is 275 g/mol. The predicted octanol–water partition coefficient (Wildman–Crippen LogP) is 0.920. The van der Waals surface area contributed by atoms with Gasteiger partial charge in [0.1, 0.15) is 0 Å². The van der Waals surface area contributed by atoms with Crippen molar-refractivity contribution in [2.45, 2.75) is 51.0 Å². The Labute approximate surface area is 110 Å². The lowest BCUT2D eigenvalue weighted by Gasteiger charge is -2.48. The topological polar surface area (TPSA) is 66.6 Å². The summed E-state index contributed by atoms with van der Waals surface area (Å²) in [6, 6.07) is 0. The first-order valence-corrected chi connectivity index (χ1v) is 8.42. The molecular weight excluding hydrogens is 250 g/mol. The Morgan fingerprint density at radius 2 is 1.61 bits per heavy atom. The van der Waals surface area contributed by atoms with Gasteiger partial charge in [0.05, 0.1) is 0 Å². The van der Waals surface area contributed by atoms with Crippen molar-refractivity contribution in [3.8, 4) is 0 Å². The summed E-state index contributed by atoms with van der Waals surface area (Å²) in [4.78, 5) is 0. The molecule has 0 spiro atoms. The average Bonchev–Trinajstić information content (AvgIpc) is 2.54. The monoisotopic (exact) mass is 275 g/mol. The maximum Gasteiger partial charge on any atom is 0.282 e. The van der Waals surface area contributed by atoms with E-state index in [2.05, 4.69) is 6.92 Å². The summed E-state index contributed by atoms with van der Waals surface area (Å²) in [7, 11) is -3.25. The van der Waals surface area contributed by atoms with Crippen LogP contribution in [-0.4, -0.2) is 48.7 Å². The fourth-order valence-electron chi connectivity index (χ4n) is 2.91. The SMILES string of the molecule is CCCC1(N)CN(S(=O)(=O)N2CCCCCC2)C1. The molecule has 0 radical (unpaired) electrons. The highest BCUT2D eigenvalue weighted by Crippen LogP contribution is 2.28. The summed E-state index contributed by atoms with van der Waals surface area (Å²) in [6.07, 6.45) is 6.16. The first-order chi connectivity index (χ1) is 8.48.